The number of hydrogen-bond donors (Lipinski definition) is 4. The molecule has 0 aromatic carbocycles. The Morgan fingerprint density at radius 1 is 1.27 bits per heavy atom. The Hall–Kier alpha value is -0.160. The van der Waals surface area contributed by atoms with Gasteiger partial charge in [-0.15, -0.1) is 0 Å². The molecule has 11 heavy (non-hydrogen) atoms. The van der Waals surface area contributed by atoms with Gasteiger partial charge in [0, 0.05) is 19.6 Å². The van der Waals surface area contributed by atoms with Crippen molar-refractivity contribution in [1.82, 2.24) is 0 Å². The molecule has 0 bridgehead atoms. The van der Waals surface area contributed by atoms with Gasteiger partial charge in [-0.2, -0.15) is 0 Å². The summed E-state index contributed by atoms with van der Waals surface area (Å²) in [6.07, 6.45) is 0.946. The second-order valence-electron chi connectivity index (χ2n) is 3.00. The SMILES string of the molecule is CC(CCO)C(N)(N)CCO. The minimum atomic E-state index is -0.850. The van der Waals surface area contributed by atoms with E-state index in [1.165, 1.54) is 0 Å². The molecule has 0 spiro atoms. The van der Waals surface area contributed by atoms with Gasteiger partial charge in [-0.1, -0.05) is 6.92 Å². The number of hydrogen-bond acceptors (Lipinski definition) is 4. The fraction of sp³-hybridized carbons (Fsp3) is 1.00. The van der Waals surface area contributed by atoms with E-state index < -0.39 is 5.66 Å². The van der Waals surface area contributed by atoms with E-state index >= 15 is 0 Å². The van der Waals surface area contributed by atoms with Crippen LogP contribution in [0.15, 0.2) is 0 Å². The predicted molar refractivity (Wildman–Crippen MR) is 43.7 cm³/mol. The van der Waals surface area contributed by atoms with E-state index in [0.717, 1.165) is 0 Å². The first-order valence-electron chi connectivity index (χ1n) is 3.84. The average molecular weight is 162 g/mol. The van der Waals surface area contributed by atoms with Crippen molar-refractivity contribution >= 4 is 0 Å². The summed E-state index contributed by atoms with van der Waals surface area (Å²) in [6, 6.07) is 0. The van der Waals surface area contributed by atoms with E-state index in [9.17, 15) is 0 Å². The lowest BCUT2D eigenvalue weighted by Crippen LogP contribution is -2.55. The zero-order valence-corrected chi connectivity index (χ0v) is 6.95. The maximum atomic E-state index is 8.60. The number of rotatable bonds is 5. The topological polar surface area (TPSA) is 92.5 Å². The van der Waals surface area contributed by atoms with Crippen molar-refractivity contribution in [3.63, 3.8) is 0 Å². The molecule has 0 aliphatic heterocycles. The molecule has 0 heterocycles. The number of nitrogens with two attached hydrogens (primary N) is 2. The zero-order valence-electron chi connectivity index (χ0n) is 6.95. The molecule has 0 saturated heterocycles. The van der Waals surface area contributed by atoms with Gasteiger partial charge in [-0.05, 0) is 12.3 Å². The maximum absolute atomic E-state index is 8.60. The van der Waals surface area contributed by atoms with Gasteiger partial charge in [0.2, 0.25) is 0 Å². The van der Waals surface area contributed by atoms with Gasteiger partial charge in [-0.3, -0.25) is 0 Å². The third kappa shape index (κ3) is 3.67. The number of aliphatic hydroxyl groups is 2. The lowest BCUT2D eigenvalue weighted by molar-refractivity contribution is 0.168. The second kappa shape index (κ2) is 4.66. The molecule has 0 amide bonds. The predicted octanol–water partition coefficient (Wildman–Crippen LogP) is -0.999. The Balaban J connectivity index is 3.83. The first-order valence-corrected chi connectivity index (χ1v) is 3.84. The van der Waals surface area contributed by atoms with Crippen molar-refractivity contribution in [3.8, 4) is 0 Å². The summed E-state index contributed by atoms with van der Waals surface area (Å²) in [5.41, 5.74) is 10.5. The average Bonchev–Trinajstić information content (AvgIpc) is 1.88. The van der Waals surface area contributed by atoms with Crippen LogP contribution in [-0.4, -0.2) is 29.1 Å². The van der Waals surface area contributed by atoms with E-state index in [2.05, 4.69) is 0 Å². The molecular weight excluding hydrogens is 144 g/mol. The van der Waals surface area contributed by atoms with E-state index in [-0.39, 0.29) is 19.1 Å². The largest absolute Gasteiger partial charge is 0.396 e. The van der Waals surface area contributed by atoms with E-state index in [1.807, 2.05) is 6.92 Å². The smallest absolute Gasteiger partial charge is 0.0685 e. The Kier molecular flexibility index (Phi) is 4.60. The molecule has 0 rings (SSSR count). The van der Waals surface area contributed by atoms with Gasteiger partial charge < -0.3 is 21.7 Å². The molecule has 0 radical (unpaired) electrons. The summed E-state index contributed by atoms with van der Waals surface area (Å²) in [5.74, 6) is 0.0275. The Morgan fingerprint density at radius 2 is 1.82 bits per heavy atom. The van der Waals surface area contributed by atoms with Crippen molar-refractivity contribution in [2.24, 2.45) is 17.4 Å². The third-order valence-electron chi connectivity index (χ3n) is 2.02. The van der Waals surface area contributed by atoms with Gasteiger partial charge in [0.05, 0.1) is 5.66 Å². The van der Waals surface area contributed by atoms with Crippen molar-refractivity contribution < 1.29 is 10.2 Å². The van der Waals surface area contributed by atoms with Crippen LogP contribution in [0.2, 0.25) is 0 Å². The summed E-state index contributed by atoms with van der Waals surface area (Å²) in [5, 5.41) is 17.2. The third-order valence-corrected chi connectivity index (χ3v) is 2.02. The molecule has 0 aliphatic rings. The lowest BCUT2D eigenvalue weighted by Gasteiger charge is -2.30. The highest BCUT2D eigenvalue weighted by atomic mass is 16.3. The van der Waals surface area contributed by atoms with Crippen LogP contribution in [0.1, 0.15) is 19.8 Å². The summed E-state index contributed by atoms with van der Waals surface area (Å²) in [7, 11) is 0. The minimum Gasteiger partial charge on any atom is -0.396 e. The van der Waals surface area contributed by atoms with Crippen LogP contribution in [0.4, 0.5) is 0 Å². The fourth-order valence-electron chi connectivity index (χ4n) is 0.902. The standard InChI is InChI=1S/C7H18N2O2/c1-6(2-4-10)7(8,9)3-5-11/h6,10-11H,2-5,8-9H2,1H3. The van der Waals surface area contributed by atoms with Crippen molar-refractivity contribution in [1.29, 1.82) is 0 Å². The van der Waals surface area contributed by atoms with Gasteiger partial charge >= 0.3 is 0 Å². The molecule has 0 saturated carbocycles. The zero-order chi connectivity index (χ0) is 8.91. The maximum Gasteiger partial charge on any atom is 0.0685 e. The molecule has 4 heteroatoms. The highest BCUT2D eigenvalue weighted by Crippen LogP contribution is 2.15. The molecule has 0 fully saturated rings. The number of aliphatic hydroxyl groups excluding tert-OH is 2. The van der Waals surface area contributed by atoms with E-state index in [0.29, 0.717) is 12.8 Å². The normalized spacial score (nSPS) is 15.0. The summed E-state index contributed by atoms with van der Waals surface area (Å²) >= 11 is 0. The molecule has 1 atom stereocenters. The van der Waals surface area contributed by atoms with Crippen LogP contribution in [0.3, 0.4) is 0 Å². The Morgan fingerprint density at radius 3 is 2.18 bits per heavy atom. The van der Waals surface area contributed by atoms with Gasteiger partial charge in [0.15, 0.2) is 0 Å². The van der Waals surface area contributed by atoms with Gasteiger partial charge in [-0.25, -0.2) is 0 Å². The van der Waals surface area contributed by atoms with Gasteiger partial charge in [0.1, 0.15) is 0 Å². The quantitative estimate of drug-likeness (QED) is 0.390. The monoisotopic (exact) mass is 162 g/mol. The highest BCUT2D eigenvalue weighted by molar-refractivity contribution is 4.82. The molecule has 0 aromatic rings. The summed E-state index contributed by atoms with van der Waals surface area (Å²) in [6.45, 7) is 1.94. The molecular formula is C7H18N2O2. The molecule has 68 valence electrons. The summed E-state index contributed by atoms with van der Waals surface area (Å²) < 4.78 is 0. The fourth-order valence-corrected chi connectivity index (χ4v) is 0.902. The highest BCUT2D eigenvalue weighted by Gasteiger charge is 2.25. The van der Waals surface area contributed by atoms with Gasteiger partial charge in [0.25, 0.3) is 0 Å². The van der Waals surface area contributed by atoms with Crippen molar-refractivity contribution in [2.75, 3.05) is 13.2 Å². The molecule has 0 aliphatic carbocycles. The molecule has 4 nitrogen and oxygen atoms in total. The van der Waals surface area contributed by atoms with Crippen LogP contribution in [-0.2, 0) is 0 Å². The van der Waals surface area contributed by atoms with Crippen molar-refractivity contribution in [2.45, 2.75) is 25.4 Å². The van der Waals surface area contributed by atoms with Crippen LogP contribution in [0.25, 0.3) is 0 Å². The Labute approximate surface area is 67.2 Å². The van der Waals surface area contributed by atoms with Crippen LogP contribution in [0, 0.1) is 5.92 Å². The first-order chi connectivity index (χ1) is 5.04. The van der Waals surface area contributed by atoms with E-state index in [4.69, 9.17) is 21.7 Å². The van der Waals surface area contributed by atoms with Crippen molar-refractivity contribution in [3.05, 3.63) is 0 Å². The molecule has 6 N–H and O–H groups in total. The first kappa shape index (κ1) is 10.8. The Bertz CT molecular complexity index is 107. The summed E-state index contributed by atoms with van der Waals surface area (Å²) in [4.78, 5) is 0. The lowest BCUT2D eigenvalue weighted by atomic mass is 9.90. The van der Waals surface area contributed by atoms with Crippen LogP contribution < -0.4 is 11.5 Å². The van der Waals surface area contributed by atoms with Crippen LogP contribution >= 0.6 is 0 Å². The second-order valence-corrected chi connectivity index (χ2v) is 3.00. The minimum absolute atomic E-state index is 0.0111. The molecule has 1 unspecified atom stereocenters. The van der Waals surface area contributed by atoms with Crippen LogP contribution in [0.5, 0.6) is 0 Å². The van der Waals surface area contributed by atoms with E-state index in [1.54, 1.807) is 0 Å². The molecule has 0 aromatic heterocycles.